The minimum atomic E-state index is -0.258. The molecule has 1 aliphatic heterocycles. The second-order valence-corrected chi connectivity index (χ2v) is 7.62. The van der Waals surface area contributed by atoms with Crippen LogP contribution >= 0.6 is 0 Å². The van der Waals surface area contributed by atoms with E-state index in [0.717, 1.165) is 54.4 Å². The lowest BCUT2D eigenvalue weighted by Gasteiger charge is -2.22. The number of amides is 1. The van der Waals surface area contributed by atoms with Gasteiger partial charge in [0.25, 0.3) is 0 Å². The Kier molecular flexibility index (Phi) is 6.50. The Hall–Kier alpha value is -3.35. The van der Waals surface area contributed by atoms with E-state index in [4.69, 9.17) is 4.74 Å². The lowest BCUT2D eigenvalue weighted by Crippen LogP contribution is -2.36. The zero-order chi connectivity index (χ0) is 21.6. The molecule has 6 nitrogen and oxygen atoms in total. The number of nitrogens with one attached hydrogen (secondary N) is 1. The Bertz CT molecular complexity index is 1000. The van der Waals surface area contributed by atoms with Gasteiger partial charge in [-0.05, 0) is 60.9 Å². The summed E-state index contributed by atoms with van der Waals surface area (Å²) >= 11 is 0. The van der Waals surface area contributed by atoms with E-state index in [9.17, 15) is 9.18 Å². The normalized spacial score (nSPS) is 14.4. The molecule has 2 heterocycles. The van der Waals surface area contributed by atoms with Crippen molar-refractivity contribution in [3.63, 3.8) is 0 Å². The van der Waals surface area contributed by atoms with Crippen LogP contribution in [0.5, 0.6) is 5.75 Å². The van der Waals surface area contributed by atoms with Gasteiger partial charge in [0.1, 0.15) is 11.6 Å². The van der Waals surface area contributed by atoms with Crippen molar-refractivity contribution in [2.24, 2.45) is 0 Å². The van der Waals surface area contributed by atoms with Crippen LogP contribution in [0.3, 0.4) is 0 Å². The van der Waals surface area contributed by atoms with Crippen molar-refractivity contribution in [1.29, 1.82) is 0 Å². The van der Waals surface area contributed by atoms with Crippen LogP contribution in [0.15, 0.2) is 54.6 Å². The zero-order valence-electron chi connectivity index (χ0n) is 17.7. The molecule has 4 rings (SSSR count). The Balaban J connectivity index is 1.35. The van der Waals surface area contributed by atoms with E-state index in [1.54, 1.807) is 12.1 Å². The van der Waals surface area contributed by atoms with Gasteiger partial charge in [-0.3, -0.25) is 9.89 Å². The van der Waals surface area contributed by atoms with Gasteiger partial charge in [0.2, 0.25) is 5.91 Å². The molecule has 0 radical (unpaired) electrons. The van der Waals surface area contributed by atoms with Crippen molar-refractivity contribution in [2.75, 3.05) is 37.7 Å². The van der Waals surface area contributed by atoms with E-state index in [1.165, 1.54) is 12.1 Å². The van der Waals surface area contributed by atoms with Crippen LogP contribution < -0.4 is 9.64 Å². The molecule has 162 valence electrons. The van der Waals surface area contributed by atoms with Gasteiger partial charge in [-0.1, -0.05) is 12.1 Å². The van der Waals surface area contributed by atoms with Gasteiger partial charge >= 0.3 is 0 Å². The summed E-state index contributed by atoms with van der Waals surface area (Å²) in [4.78, 5) is 16.9. The minimum Gasteiger partial charge on any atom is -0.494 e. The average molecular weight is 423 g/mol. The van der Waals surface area contributed by atoms with Crippen molar-refractivity contribution < 1.29 is 13.9 Å². The lowest BCUT2D eigenvalue weighted by molar-refractivity contribution is -0.130. The molecule has 0 saturated carbocycles. The van der Waals surface area contributed by atoms with Crippen LogP contribution in [0.1, 0.15) is 18.9 Å². The largest absolute Gasteiger partial charge is 0.494 e. The van der Waals surface area contributed by atoms with E-state index in [0.29, 0.717) is 19.6 Å². The summed E-state index contributed by atoms with van der Waals surface area (Å²) in [7, 11) is 0. The van der Waals surface area contributed by atoms with Crippen LogP contribution in [0, 0.1) is 5.82 Å². The van der Waals surface area contributed by atoms with Gasteiger partial charge in [0.15, 0.2) is 5.82 Å². The summed E-state index contributed by atoms with van der Waals surface area (Å²) < 4.78 is 18.6. The van der Waals surface area contributed by atoms with E-state index in [2.05, 4.69) is 15.1 Å². The highest BCUT2D eigenvalue weighted by molar-refractivity contribution is 5.79. The highest BCUT2D eigenvalue weighted by Crippen LogP contribution is 2.23. The molecule has 1 fully saturated rings. The third-order valence-corrected chi connectivity index (χ3v) is 5.48. The quantitative estimate of drug-likeness (QED) is 0.655. The number of hydrogen-bond acceptors (Lipinski definition) is 4. The maximum atomic E-state index is 13.2. The summed E-state index contributed by atoms with van der Waals surface area (Å²) in [6, 6.07) is 16.0. The molecule has 2 aromatic carbocycles. The predicted molar refractivity (Wildman–Crippen MR) is 119 cm³/mol. The molecular formula is C24H27FN4O2. The maximum absolute atomic E-state index is 13.2. The fraction of sp³-hybridized carbons (Fsp3) is 0.333. The first-order valence-electron chi connectivity index (χ1n) is 10.7. The van der Waals surface area contributed by atoms with Gasteiger partial charge in [-0.25, -0.2) is 4.39 Å². The highest BCUT2D eigenvalue weighted by Gasteiger charge is 2.21. The Morgan fingerprint density at radius 3 is 2.58 bits per heavy atom. The maximum Gasteiger partial charge on any atom is 0.227 e. The molecule has 7 heteroatoms. The number of anilines is 1. The lowest BCUT2D eigenvalue weighted by atomic mass is 10.1. The number of H-pyrrole nitrogens is 1. The molecule has 3 aromatic rings. The molecule has 1 aromatic heterocycles. The number of ether oxygens (including phenoxy) is 1. The zero-order valence-corrected chi connectivity index (χ0v) is 17.7. The molecule has 0 atom stereocenters. The summed E-state index contributed by atoms with van der Waals surface area (Å²) in [5, 5.41) is 7.47. The number of aromatic amines is 1. The van der Waals surface area contributed by atoms with Crippen LogP contribution in [0.25, 0.3) is 11.3 Å². The first-order chi connectivity index (χ1) is 15.1. The number of rotatable bonds is 6. The second-order valence-electron chi connectivity index (χ2n) is 7.62. The van der Waals surface area contributed by atoms with E-state index < -0.39 is 0 Å². The van der Waals surface area contributed by atoms with Gasteiger partial charge in [0, 0.05) is 32.2 Å². The minimum absolute atomic E-state index is 0.139. The second kappa shape index (κ2) is 9.64. The van der Waals surface area contributed by atoms with E-state index in [1.807, 2.05) is 42.2 Å². The first-order valence-corrected chi connectivity index (χ1v) is 10.7. The molecular weight excluding hydrogens is 395 g/mol. The topological polar surface area (TPSA) is 61.5 Å². The van der Waals surface area contributed by atoms with Crippen LogP contribution in [-0.4, -0.2) is 53.8 Å². The fourth-order valence-corrected chi connectivity index (χ4v) is 3.80. The number of benzene rings is 2. The Labute approximate surface area is 181 Å². The third-order valence-electron chi connectivity index (χ3n) is 5.48. The van der Waals surface area contributed by atoms with Crippen LogP contribution in [0.4, 0.5) is 10.2 Å². The number of halogens is 1. The van der Waals surface area contributed by atoms with Crippen molar-refractivity contribution in [3.8, 4) is 17.0 Å². The fourth-order valence-electron chi connectivity index (χ4n) is 3.80. The molecule has 0 unspecified atom stereocenters. The SMILES string of the molecule is CCOc1ccc(CC(=O)N2CCCN(c3cc(-c4ccc(F)cc4)[nH]n3)CC2)cc1. The number of nitrogens with zero attached hydrogens (tertiary/aromatic N) is 3. The molecule has 0 spiro atoms. The standard InChI is InChI=1S/C24H27FN4O2/c1-2-31-21-10-4-18(5-11-21)16-24(30)29-13-3-12-28(14-15-29)23-17-22(26-27-23)19-6-8-20(25)9-7-19/h4-11,17H,2-3,12-16H2,1H3,(H,26,27). The molecule has 0 bridgehead atoms. The van der Waals surface area contributed by atoms with Gasteiger partial charge in [-0.15, -0.1) is 0 Å². The molecule has 1 N–H and O–H groups in total. The number of carbonyl (C=O) groups is 1. The number of carbonyl (C=O) groups excluding carboxylic acids is 1. The molecule has 1 aliphatic rings. The summed E-state index contributed by atoms with van der Waals surface area (Å²) in [5.41, 5.74) is 2.73. The van der Waals surface area contributed by atoms with Crippen molar-refractivity contribution >= 4 is 11.7 Å². The molecule has 1 amide bonds. The van der Waals surface area contributed by atoms with Gasteiger partial charge in [-0.2, -0.15) is 5.10 Å². The van der Waals surface area contributed by atoms with Gasteiger partial charge < -0.3 is 14.5 Å². The molecule has 0 aliphatic carbocycles. The van der Waals surface area contributed by atoms with Crippen molar-refractivity contribution in [1.82, 2.24) is 15.1 Å². The summed E-state index contributed by atoms with van der Waals surface area (Å²) in [5.74, 6) is 1.55. The number of aromatic nitrogens is 2. The Morgan fingerprint density at radius 1 is 1.06 bits per heavy atom. The first kappa shape index (κ1) is 20.9. The summed E-state index contributed by atoms with van der Waals surface area (Å²) in [6.07, 6.45) is 1.28. The molecule has 1 saturated heterocycles. The van der Waals surface area contributed by atoms with E-state index in [-0.39, 0.29) is 11.7 Å². The van der Waals surface area contributed by atoms with Gasteiger partial charge in [0.05, 0.1) is 18.7 Å². The Morgan fingerprint density at radius 2 is 1.84 bits per heavy atom. The summed E-state index contributed by atoms with van der Waals surface area (Å²) in [6.45, 7) is 5.54. The highest BCUT2D eigenvalue weighted by atomic mass is 19.1. The average Bonchev–Trinajstić information content (AvgIpc) is 3.13. The predicted octanol–water partition coefficient (Wildman–Crippen LogP) is 3.90. The number of hydrogen-bond donors (Lipinski definition) is 1. The monoisotopic (exact) mass is 422 g/mol. The smallest absolute Gasteiger partial charge is 0.227 e. The van der Waals surface area contributed by atoms with Crippen LogP contribution in [0.2, 0.25) is 0 Å². The van der Waals surface area contributed by atoms with Crippen LogP contribution in [-0.2, 0) is 11.2 Å². The van der Waals surface area contributed by atoms with E-state index >= 15 is 0 Å². The molecule has 31 heavy (non-hydrogen) atoms. The van der Waals surface area contributed by atoms with Crippen molar-refractivity contribution in [2.45, 2.75) is 19.8 Å². The van der Waals surface area contributed by atoms with Crippen molar-refractivity contribution in [3.05, 3.63) is 66.0 Å². The third kappa shape index (κ3) is 5.23.